The lowest BCUT2D eigenvalue weighted by atomic mass is 10.4. The molecule has 0 unspecified atom stereocenters. The number of carboxylic acids is 1. The maximum atomic E-state index is 10.4. The Bertz CT molecular complexity index is 296. The second-order valence-corrected chi connectivity index (χ2v) is 2.83. The fraction of sp³-hybridized carbons (Fsp3) is 0. The number of phenols is 1. The van der Waals surface area contributed by atoms with E-state index < -0.39 is 5.97 Å². The zero-order chi connectivity index (χ0) is 8.43. The number of hydrogen-bond acceptors (Lipinski definition) is 2. The number of carbonyl (C=O) groups is 1. The summed E-state index contributed by atoms with van der Waals surface area (Å²) in [5, 5.41) is 17.5. The van der Waals surface area contributed by atoms with Gasteiger partial charge in [0.05, 0.1) is 10.0 Å². The highest BCUT2D eigenvalue weighted by Crippen LogP contribution is 2.23. The lowest BCUT2D eigenvalue weighted by Crippen LogP contribution is -1.94. The maximum Gasteiger partial charge on any atom is 0.335 e. The molecule has 0 aliphatic carbocycles. The van der Waals surface area contributed by atoms with E-state index in [1.807, 2.05) is 0 Å². The van der Waals surface area contributed by atoms with Crippen LogP contribution < -0.4 is 0 Å². The number of phenolic OH excluding ortho intramolecular Hbond substituents is 1. The van der Waals surface area contributed by atoms with E-state index in [0.29, 0.717) is 4.47 Å². The number of hydrogen-bond donors (Lipinski definition) is 2. The van der Waals surface area contributed by atoms with Crippen molar-refractivity contribution in [1.29, 1.82) is 0 Å². The van der Waals surface area contributed by atoms with E-state index in [1.54, 1.807) is 0 Å². The molecule has 3 nitrogen and oxygen atoms in total. The highest BCUT2D eigenvalue weighted by molar-refractivity contribution is 9.10. The molecule has 0 aromatic heterocycles. The Morgan fingerprint density at radius 2 is 2.09 bits per heavy atom. The van der Waals surface area contributed by atoms with Crippen molar-refractivity contribution in [2.45, 2.75) is 0 Å². The van der Waals surface area contributed by atoms with Crippen LogP contribution in [0, 0.1) is 0 Å². The highest BCUT2D eigenvalue weighted by atomic mass is 79.9. The van der Waals surface area contributed by atoms with Gasteiger partial charge in [0.1, 0.15) is 5.75 Å². The Labute approximate surface area is 71.4 Å². The minimum Gasteiger partial charge on any atom is -0.507 e. The first-order valence-electron chi connectivity index (χ1n) is 2.83. The average molecular weight is 218 g/mol. The van der Waals surface area contributed by atoms with E-state index in [1.165, 1.54) is 18.2 Å². The van der Waals surface area contributed by atoms with Crippen LogP contribution in [0.25, 0.3) is 0 Å². The van der Waals surface area contributed by atoms with Gasteiger partial charge in [-0.1, -0.05) is 0 Å². The van der Waals surface area contributed by atoms with Crippen molar-refractivity contribution in [2.24, 2.45) is 0 Å². The lowest BCUT2D eigenvalue weighted by Gasteiger charge is -1.97. The van der Waals surface area contributed by atoms with E-state index >= 15 is 0 Å². The molecular formula is C7H5BrO3. The average Bonchev–Trinajstić information content (AvgIpc) is 1.94. The number of benzene rings is 1. The molecule has 0 aliphatic rings. The van der Waals surface area contributed by atoms with Crippen LogP contribution in [-0.4, -0.2) is 16.2 Å². The first-order valence-corrected chi connectivity index (χ1v) is 3.62. The van der Waals surface area contributed by atoms with Gasteiger partial charge >= 0.3 is 5.97 Å². The van der Waals surface area contributed by atoms with Crippen molar-refractivity contribution >= 4 is 21.9 Å². The molecule has 58 valence electrons. The Morgan fingerprint density at radius 1 is 1.45 bits per heavy atom. The van der Waals surface area contributed by atoms with Gasteiger partial charge in [-0.25, -0.2) is 4.79 Å². The number of aromatic carboxylic acids is 1. The molecule has 0 fully saturated rings. The van der Waals surface area contributed by atoms with Crippen molar-refractivity contribution in [3.8, 4) is 5.75 Å². The van der Waals surface area contributed by atoms with Gasteiger partial charge in [-0.2, -0.15) is 0 Å². The summed E-state index contributed by atoms with van der Waals surface area (Å²) in [6.45, 7) is 0. The SMILES string of the molecule is O=C(O)[13c]1ccc(O)c(Br)c1. The Hall–Kier alpha value is -1.03. The Balaban J connectivity index is 3.15. The number of aromatic hydroxyl groups is 1. The molecule has 11 heavy (non-hydrogen) atoms. The third-order valence-corrected chi connectivity index (χ3v) is 1.83. The van der Waals surface area contributed by atoms with Crippen LogP contribution in [0.1, 0.15) is 10.4 Å². The third-order valence-electron chi connectivity index (χ3n) is 1.19. The summed E-state index contributed by atoms with van der Waals surface area (Å²) in [4.78, 5) is 10.4. The summed E-state index contributed by atoms with van der Waals surface area (Å²) in [5.74, 6) is -0.972. The minimum atomic E-state index is -1.01. The maximum absolute atomic E-state index is 10.4. The number of halogens is 1. The molecule has 0 spiro atoms. The molecule has 0 amide bonds. The highest BCUT2D eigenvalue weighted by Gasteiger charge is 2.04. The second-order valence-electron chi connectivity index (χ2n) is 1.97. The van der Waals surface area contributed by atoms with Crippen molar-refractivity contribution in [3.05, 3.63) is 28.2 Å². The molecule has 0 saturated carbocycles. The molecule has 0 radical (unpaired) electrons. The van der Waals surface area contributed by atoms with Crippen LogP contribution in [0.4, 0.5) is 0 Å². The molecule has 2 N–H and O–H groups in total. The number of rotatable bonds is 1. The second kappa shape index (κ2) is 2.92. The van der Waals surface area contributed by atoms with Crippen LogP contribution >= 0.6 is 15.9 Å². The molecule has 4 heteroatoms. The van der Waals surface area contributed by atoms with Crippen molar-refractivity contribution in [2.75, 3.05) is 0 Å². The number of carboxylic acid groups (broad SMARTS) is 1. The molecule has 0 saturated heterocycles. The summed E-state index contributed by atoms with van der Waals surface area (Å²) in [7, 11) is 0. The fourth-order valence-corrected chi connectivity index (χ4v) is 1.02. The molecule has 0 heterocycles. The van der Waals surface area contributed by atoms with E-state index in [9.17, 15) is 4.79 Å². The Morgan fingerprint density at radius 3 is 2.55 bits per heavy atom. The van der Waals surface area contributed by atoms with Gasteiger partial charge in [-0.05, 0) is 34.1 Å². The molecule has 0 atom stereocenters. The van der Waals surface area contributed by atoms with Crippen LogP contribution in [-0.2, 0) is 0 Å². The molecular weight excluding hydrogens is 213 g/mol. The van der Waals surface area contributed by atoms with Crippen molar-refractivity contribution in [3.63, 3.8) is 0 Å². The van der Waals surface area contributed by atoms with Gasteiger partial charge in [-0.3, -0.25) is 0 Å². The summed E-state index contributed by atoms with van der Waals surface area (Å²) < 4.78 is 0.386. The smallest absolute Gasteiger partial charge is 0.335 e. The largest absolute Gasteiger partial charge is 0.507 e. The molecule has 0 aliphatic heterocycles. The first kappa shape index (κ1) is 8.07. The quantitative estimate of drug-likeness (QED) is 0.756. The zero-order valence-corrected chi connectivity index (χ0v) is 7.00. The minimum absolute atomic E-state index is 0.0370. The normalized spacial score (nSPS) is 9.55. The predicted octanol–water partition coefficient (Wildman–Crippen LogP) is 1.85. The van der Waals surface area contributed by atoms with Crippen molar-refractivity contribution < 1.29 is 15.0 Å². The van der Waals surface area contributed by atoms with Crippen LogP contribution in [0.3, 0.4) is 0 Å². The molecule has 1 aromatic rings. The topological polar surface area (TPSA) is 57.5 Å². The lowest BCUT2D eigenvalue weighted by molar-refractivity contribution is 0.0697. The summed E-state index contributed by atoms with van der Waals surface area (Å²) in [6.07, 6.45) is 0. The molecule has 0 bridgehead atoms. The summed E-state index contributed by atoms with van der Waals surface area (Å²) in [6, 6.07) is 4.01. The standard InChI is InChI=1S/C7H5BrO3/c8-5-3-4(7(10)11)1-2-6(5)9/h1-3,9H,(H,10,11)/i4+1. The van der Waals surface area contributed by atoms with Gasteiger partial charge in [0.25, 0.3) is 0 Å². The van der Waals surface area contributed by atoms with E-state index in [-0.39, 0.29) is 11.3 Å². The van der Waals surface area contributed by atoms with E-state index in [4.69, 9.17) is 10.2 Å². The van der Waals surface area contributed by atoms with Gasteiger partial charge in [0, 0.05) is 0 Å². The van der Waals surface area contributed by atoms with E-state index in [2.05, 4.69) is 15.9 Å². The van der Waals surface area contributed by atoms with Crippen LogP contribution in [0.15, 0.2) is 22.7 Å². The monoisotopic (exact) mass is 217 g/mol. The molecule has 1 rings (SSSR count). The Kier molecular flexibility index (Phi) is 2.14. The predicted molar refractivity (Wildman–Crippen MR) is 42.8 cm³/mol. The van der Waals surface area contributed by atoms with E-state index in [0.717, 1.165) is 0 Å². The van der Waals surface area contributed by atoms with Gasteiger partial charge < -0.3 is 10.2 Å². The van der Waals surface area contributed by atoms with Gasteiger partial charge in [-0.15, -0.1) is 0 Å². The summed E-state index contributed by atoms with van der Waals surface area (Å²) in [5.41, 5.74) is 0.148. The van der Waals surface area contributed by atoms with Gasteiger partial charge in [0.2, 0.25) is 0 Å². The summed E-state index contributed by atoms with van der Waals surface area (Å²) >= 11 is 3.00. The fourth-order valence-electron chi connectivity index (χ4n) is 0.640. The first-order chi connectivity index (χ1) is 5.11. The van der Waals surface area contributed by atoms with Crippen LogP contribution in [0.5, 0.6) is 5.75 Å². The van der Waals surface area contributed by atoms with Crippen LogP contribution in [0.2, 0.25) is 0 Å². The molecule has 1 aromatic carbocycles. The van der Waals surface area contributed by atoms with Gasteiger partial charge in [0.15, 0.2) is 0 Å². The third kappa shape index (κ3) is 1.71. The zero-order valence-electron chi connectivity index (χ0n) is 5.41. The van der Waals surface area contributed by atoms with Crippen molar-refractivity contribution in [1.82, 2.24) is 0 Å².